The SMILES string of the molecule is CCCNCC(C)(Cc1cc(F)ccc1F)C1CC1. The minimum Gasteiger partial charge on any atom is -0.316 e. The minimum absolute atomic E-state index is 0.0316. The van der Waals surface area contributed by atoms with E-state index in [9.17, 15) is 8.78 Å². The third kappa shape index (κ3) is 3.75. The average Bonchev–Trinajstić information content (AvgIpc) is 3.19. The molecular formula is C16H23F2N. The van der Waals surface area contributed by atoms with E-state index < -0.39 is 0 Å². The van der Waals surface area contributed by atoms with Gasteiger partial charge in [-0.3, -0.25) is 0 Å². The Morgan fingerprint density at radius 1 is 1.32 bits per heavy atom. The second kappa shape index (κ2) is 6.00. The van der Waals surface area contributed by atoms with Crippen molar-refractivity contribution in [3.05, 3.63) is 35.4 Å². The summed E-state index contributed by atoms with van der Waals surface area (Å²) in [5, 5.41) is 3.44. The van der Waals surface area contributed by atoms with Crippen LogP contribution in [0.2, 0.25) is 0 Å². The van der Waals surface area contributed by atoms with Crippen molar-refractivity contribution in [2.45, 2.75) is 39.5 Å². The van der Waals surface area contributed by atoms with E-state index in [0.29, 0.717) is 17.9 Å². The number of benzene rings is 1. The molecule has 0 heterocycles. The third-order valence-corrected chi connectivity index (χ3v) is 4.12. The predicted molar refractivity (Wildman–Crippen MR) is 74.1 cm³/mol. The van der Waals surface area contributed by atoms with Gasteiger partial charge in [-0.15, -0.1) is 0 Å². The van der Waals surface area contributed by atoms with E-state index >= 15 is 0 Å². The van der Waals surface area contributed by atoms with Gasteiger partial charge >= 0.3 is 0 Å². The van der Waals surface area contributed by atoms with Gasteiger partial charge in [0.1, 0.15) is 11.6 Å². The third-order valence-electron chi connectivity index (χ3n) is 4.12. The average molecular weight is 267 g/mol. The highest BCUT2D eigenvalue weighted by molar-refractivity contribution is 5.21. The quantitative estimate of drug-likeness (QED) is 0.738. The van der Waals surface area contributed by atoms with Crippen LogP contribution in [0, 0.1) is 23.0 Å². The van der Waals surface area contributed by atoms with Crippen molar-refractivity contribution >= 4 is 0 Å². The molecule has 1 N–H and O–H groups in total. The van der Waals surface area contributed by atoms with E-state index in [2.05, 4.69) is 19.2 Å². The number of nitrogens with one attached hydrogen (secondary N) is 1. The maximum Gasteiger partial charge on any atom is 0.126 e. The van der Waals surface area contributed by atoms with Crippen LogP contribution in [0.1, 0.15) is 38.7 Å². The summed E-state index contributed by atoms with van der Waals surface area (Å²) < 4.78 is 27.0. The fourth-order valence-electron chi connectivity index (χ4n) is 2.80. The van der Waals surface area contributed by atoms with E-state index in [0.717, 1.165) is 19.5 Å². The molecule has 1 atom stereocenters. The van der Waals surface area contributed by atoms with Crippen molar-refractivity contribution in [1.29, 1.82) is 0 Å². The summed E-state index contributed by atoms with van der Waals surface area (Å²) in [5.41, 5.74) is 0.539. The van der Waals surface area contributed by atoms with Crippen molar-refractivity contribution in [1.82, 2.24) is 5.32 Å². The van der Waals surface area contributed by atoms with Gasteiger partial charge in [-0.05, 0) is 67.3 Å². The molecule has 0 radical (unpaired) electrons. The molecule has 0 aromatic heterocycles. The molecule has 2 rings (SSSR count). The van der Waals surface area contributed by atoms with Gasteiger partial charge in [0.2, 0.25) is 0 Å². The largest absolute Gasteiger partial charge is 0.316 e. The molecule has 1 aliphatic rings. The first-order valence-electron chi connectivity index (χ1n) is 7.20. The summed E-state index contributed by atoms with van der Waals surface area (Å²) in [4.78, 5) is 0. The lowest BCUT2D eigenvalue weighted by Gasteiger charge is -2.30. The van der Waals surface area contributed by atoms with Crippen molar-refractivity contribution in [3.63, 3.8) is 0 Å². The normalized spacial score (nSPS) is 18.3. The zero-order valence-corrected chi connectivity index (χ0v) is 11.8. The fourth-order valence-corrected chi connectivity index (χ4v) is 2.80. The van der Waals surface area contributed by atoms with Gasteiger partial charge in [0.25, 0.3) is 0 Å². The molecule has 19 heavy (non-hydrogen) atoms. The van der Waals surface area contributed by atoms with Crippen molar-refractivity contribution in [2.24, 2.45) is 11.3 Å². The van der Waals surface area contributed by atoms with E-state index in [-0.39, 0.29) is 17.0 Å². The zero-order valence-electron chi connectivity index (χ0n) is 11.8. The van der Waals surface area contributed by atoms with E-state index in [4.69, 9.17) is 0 Å². The summed E-state index contributed by atoms with van der Waals surface area (Å²) in [7, 11) is 0. The zero-order chi connectivity index (χ0) is 13.9. The molecule has 1 aromatic carbocycles. The predicted octanol–water partition coefficient (Wildman–Crippen LogP) is 3.92. The molecule has 1 unspecified atom stereocenters. The summed E-state index contributed by atoms with van der Waals surface area (Å²) in [6, 6.07) is 3.76. The Kier molecular flexibility index (Phi) is 4.56. The molecule has 3 heteroatoms. The second-order valence-electron chi connectivity index (χ2n) is 6.02. The Balaban J connectivity index is 2.09. The Labute approximate surface area is 114 Å². The standard InChI is InChI=1S/C16H23F2N/c1-3-8-19-11-16(2,13-4-5-13)10-12-9-14(17)6-7-15(12)18/h6-7,9,13,19H,3-5,8,10-11H2,1-2H3. The first kappa shape index (κ1) is 14.4. The first-order chi connectivity index (χ1) is 9.05. The molecule has 0 aliphatic heterocycles. The van der Waals surface area contributed by atoms with Crippen LogP contribution >= 0.6 is 0 Å². The smallest absolute Gasteiger partial charge is 0.126 e. The van der Waals surface area contributed by atoms with Gasteiger partial charge in [-0.25, -0.2) is 8.78 Å². The maximum absolute atomic E-state index is 13.8. The molecule has 1 saturated carbocycles. The van der Waals surface area contributed by atoms with Crippen molar-refractivity contribution in [3.8, 4) is 0 Å². The van der Waals surface area contributed by atoms with E-state index in [1.165, 1.54) is 31.0 Å². The Morgan fingerprint density at radius 3 is 2.68 bits per heavy atom. The highest BCUT2D eigenvalue weighted by atomic mass is 19.1. The lowest BCUT2D eigenvalue weighted by Crippen LogP contribution is -2.36. The first-order valence-corrected chi connectivity index (χ1v) is 7.20. The Hall–Kier alpha value is -0.960. The molecule has 1 fully saturated rings. The maximum atomic E-state index is 13.8. The van der Waals surface area contributed by atoms with E-state index in [1.54, 1.807) is 0 Å². The molecule has 1 aromatic rings. The van der Waals surface area contributed by atoms with Crippen LogP contribution in [0.15, 0.2) is 18.2 Å². The van der Waals surface area contributed by atoms with Gasteiger partial charge in [-0.1, -0.05) is 13.8 Å². The Bertz CT molecular complexity index is 429. The van der Waals surface area contributed by atoms with Gasteiger partial charge in [0.05, 0.1) is 0 Å². The van der Waals surface area contributed by atoms with Gasteiger partial charge < -0.3 is 5.32 Å². The van der Waals surface area contributed by atoms with Gasteiger partial charge in [-0.2, -0.15) is 0 Å². The Morgan fingerprint density at radius 2 is 2.05 bits per heavy atom. The highest BCUT2D eigenvalue weighted by Crippen LogP contribution is 2.47. The van der Waals surface area contributed by atoms with Crippen molar-refractivity contribution in [2.75, 3.05) is 13.1 Å². The van der Waals surface area contributed by atoms with Crippen LogP contribution in [0.25, 0.3) is 0 Å². The van der Waals surface area contributed by atoms with Crippen LogP contribution in [0.5, 0.6) is 0 Å². The number of halogens is 2. The van der Waals surface area contributed by atoms with E-state index in [1.807, 2.05) is 0 Å². The molecular weight excluding hydrogens is 244 g/mol. The van der Waals surface area contributed by atoms with Crippen LogP contribution in [-0.2, 0) is 6.42 Å². The summed E-state index contributed by atoms with van der Waals surface area (Å²) in [6.07, 6.45) is 4.12. The number of hydrogen-bond acceptors (Lipinski definition) is 1. The minimum atomic E-state index is -0.351. The monoisotopic (exact) mass is 267 g/mol. The van der Waals surface area contributed by atoms with Gasteiger partial charge in [0.15, 0.2) is 0 Å². The molecule has 1 aliphatic carbocycles. The lowest BCUT2D eigenvalue weighted by molar-refractivity contribution is 0.253. The molecule has 0 saturated heterocycles. The summed E-state index contributed by atoms with van der Waals surface area (Å²) >= 11 is 0. The molecule has 106 valence electrons. The van der Waals surface area contributed by atoms with Crippen LogP contribution in [-0.4, -0.2) is 13.1 Å². The topological polar surface area (TPSA) is 12.0 Å². The number of hydrogen-bond donors (Lipinski definition) is 1. The second-order valence-corrected chi connectivity index (χ2v) is 6.02. The molecule has 0 bridgehead atoms. The summed E-state index contributed by atoms with van der Waals surface area (Å²) in [5.74, 6) is -0.000598. The fraction of sp³-hybridized carbons (Fsp3) is 0.625. The lowest BCUT2D eigenvalue weighted by atomic mass is 9.78. The van der Waals surface area contributed by atoms with Crippen LogP contribution in [0.3, 0.4) is 0 Å². The molecule has 0 amide bonds. The van der Waals surface area contributed by atoms with Crippen LogP contribution < -0.4 is 5.32 Å². The van der Waals surface area contributed by atoms with Crippen LogP contribution in [0.4, 0.5) is 8.78 Å². The van der Waals surface area contributed by atoms with Gasteiger partial charge in [0, 0.05) is 6.54 Å². The molecule has 0 spiro atoms. The van der Waals surface area contributed by atoms with Crippen molar-refractivity contribution < 1.29 is 8.78 Å². The summed E-state index contributed by atoms with van der Waals surface area (Å²) in [6.45, 7) is 6.18. The molecule has 1 nitrogen and oxygen atoms in total. The number of rotatable bonds is 7. The highest BCUT2D eigenvalue weighted by Gasteiger charge is 2.41.